The van der Waals surface area contributed by atoms with Crippen molar-refractivity contribution in [2.45, 2.75) is 11.8 Å². The fourth-order valence-corrected chi connectivity index (χ4v) is 2.18. The molecule has 1 rings (SSSR count). The second kappa shape index (κ2) is 4.02. The highest BCUT2D eigenvalue weighted by atomic mass is 32.2. The van der Waals surface area contributed by atoms with Crippen LogP contribution < -0.4 is 4.72 Å². The van der Waals surface area contributed by atoms with Gasteiger partial charge in [0.1, 0.15) is 11.6 Å². The van der Waals surface area contributed by atoms with Crippen molar-refractivity contribution in [1.82, 2.24) is 4.72 Å². The van der Waals surface area contributed by atoms with E-state index in [0.29, 0.717) is 0 Å². The summed E-state index contributed by atoms with van der Waals surface area (Å²) in [5, 5.41) is 0. The summed E-state index contributed by atoms with van der Waals surface area (Å²) < 4.78 is 50.6. The summed E-state index contributed by atoms with van der Waals surface area (Å²) >= 11 is 0. The Morgan fingerprint density at radius 1 is 1.29 bits per heavy atom. The minimum Gasteiger partial charge on any atom is -0.211 e. The lowest BCUT2D eigenvalue weighted by Gasteiger charge is -2.05. The Hall–Kier alpha value is -1.01. The average Bonchev–Trinajstić information content (AvgIpc) is 2.02. The second-order valence-corrected chi connectivity index (χ2v) is 4.26. The van der Waals surface area contributed by atoms with Gasteiger partial charge in [-0.15, -0.1) is 0 Å². The summed E-state index contributed by atoms with van der Waals surface area (Å²) in [5.41, 5.74) is 0. The highest BCUT2D eigenvalue weighted by molar-refractivity contribution is 7.89. The van der Waals surface area contributed by atoms with Gasteiger partial charge in [-0.3, -0.25) is 0 Å². The molecule has 0 unspecified atom stereocenters. The molecule has 0 atom stereocenters. The van der Waals surface area contributed by atoms with Crippen molar-refractivity contribution >= 4 is 10.0 Å². The second-order valence-electron chi connectivity index (χ2n) is 2.55. The molecule has 0 aliphatic heterocycles. The Bertz CT molecular complexity index is 411. The maximum absolute atomic E-state index is 13.0. The van der Waals surface area contributed by atoms with Crippen LogP contribution in [0.2, 0.25) is 0 Å². The Kier molecular flexibility index (Phi) is 3.17. The molecule has 0 aliphatic rings. The van der Waals surface area contributed by atoms with Crippen LogP contribution in [0.5, 0.6) is 0 Å². The van der Waals surface area contributed by atoms with Gasteiger partial charge >= 0.3 is 0 Å². The van der Waals surface area contributed by atoms with E-state index >= 15 is 0 Å². The van der Waals surface area contributed by atoms with Gasteiger partial charge in [-0.25, -0.2) is 21.9 Å². The molecule has 1 aromatic rings. The van der Waals surface area contributed by atoms with Crippen molar-refractivity contribution in [3.05, 3.63) is 29.8 Å². The topological polar surface area (TPSA) is 46.2 Å². The van der Waals surface area contributed by atoms with E-state index in [-0.39, 0.29) is 6.54 Å². The lowest BCUT2D eigenvalue weighted by molar-refractivity contribution is 0.515. The fraction of sp³-hybridized carbons (Fsp3) is 0.250. The molecule has 6 heteroatoms. The number of hydrogen-bond acceptors (Lipinski definition) is 2. The Morgan fingerprint density at radius 2 is 1.79 bits per heavy atom. The molecule has 0 fully saturated rings. The first-order chi connectivity index (χ1) is 6.49. The lowest BCUT2D eigenvalue weighted by atomic mass is 10.3. The molecule has 1 N–H and O–H groups in total. The molecule has 0 bridgehead atoms. The van der Waals surface area contributed by atoms with E-state index < -0.39 is 26.6 Å². The fourth-order valence-electron chi connectivity index (χ4n) is 1.00. The van der Waals surface area contributed by atoms with Crippen molar-refractivity contribution < 1.29 is 17.2 Å². The molecule has 0 saturated heterocycles. The van der Waals surface area contributed by atoms with Gasteiger partial charge in [-0.2, -0.15) is 0 Å². The van der Waals surface area contributed by atoms with E-state index in [9.17, 15) is 17.2 Å². The van der Waals surface area contributed by atoms with Crippen LogP contribution in [0.1, 0.15) is 6.92 Å². The predicted octanol–water partition coefficient (Wildman–Crippen LogP) is 1.26. The molecule has 14 heavy (non-hydrogen) atoms. The Balaban J connectivity index is 3.32. The summed E-state index contributed by atoms with van der Waals surface area (Å²) in [4.78, 5) is -0.929. The Morgan fingerprint density at radius 3 is 2.21 bits per heavy atom. The smallest absolute Gasteiger partial charge is 0.211 e. The van der Waals surface area contributed by atoms with Crippen LogP contribution in [0.25, 0.3) is 0 Å². The van der Waals surface area contributed by atoms with E-state index in [4.69, 9.17) is 0 Å². The zero-order valence-electron chi connectivity index (χ0n) is 7.42. The number of hydrogen-bond donors (Lipinski definition) is 1. The van der Waals surface area contributed by atoms with Crippen molar-refractivity contribution in [2.75, 3.05) is 6.54 Å². The monoisotopic (exact) mass is 221 g/mol. The van der Waals surface area contributed by atoms with Crippen LogP contribution in [-0.4, -0.2) is 15.0 Å². The summed E-state index contributed by atoms with van der Waals surface area (Å²) in [7, 11) is -4.07. The lowest BCUT2D eigenvalue weighted by Crippen LogP contribution is -2.25. The van der Waals surface area contributed by atoms with Crippen LogP contribution in [0.4, 0.5) is 8.78 Å². The average molecular weight is 221 g/mol. The third-order valence-electron chi connectivity index (χ3n) is 1.52. The summed E-state index contributed by atoms with van der Waals surface area (Å²) in [6, 6.07) is 2.90. The first kappa shape index (κ1) is 11.1. The minimum atomic E-state index is -4.07. The van der Waals surface area contributed by atoms with Gasteiger partial charge < -0.3 is 0 Å². The summed E-state index contributed by atoms with van der Waals surface area (Å²) in [5.74, 6) is -2.18. The van der Waals surface area contributed by atoms with Crippen molar-refractivity contribution in [3.8, 4) is 0 Å². The van der Waals surface area contributed by atoms with Crippen LogP contribution >= 0.6 is 0 Å². The first-order valence-electron chi connectivity index (χ1n) is 3.92. The minimum absolute atomic E-state index is 0.0795. The molecule has 0 aromatic heterocycles. The SMILES string of the molecule is CCNS(=O)(=O)c1c(F)cccc1F. The molecule has 78 valence electrons. The number of halogens is 2. The van der Waals surface area contributed by atoms with E-state index in [2.05, 4.69) is 0 Å². The predicted molar refractivity (Wildman–Crippen MR) is 47.2 cm³/mol. The Labute approximate surface area is 80.8 Å². The quantitative estimate of drug-likeness (QED) is 0.835. The van der Waals surface area contributed by atoms with Gasteiger partial charge in [0.25, 0.3) is 0 Å². The third kappa shape index (κ3) is 2.08. The van der Waals surface area contributed by atoms with Crippen LogP contribution in [0.15, 0.2) is 23.1 Å². The van der Waals surface area contributed by atoms with E-state index in [1.807, 2.05) is 4.72 Å². The molecule has 3 nitrogen and oxygen atoms in total. The number of benzene rings is 1. The van der Waals surface area contributed by atoms with Crippen LogP contribution in [0.3, 0.4) is 0 Å². The van der Waals surface area contributed by atoms with E-state index in [1.165, 1.54) is 6.92 Å². The van der Waals surface area contributed by atoms with Gasteiger partial charge in [0.2, 0.25) is 10.0 Å². The molecule has 0 spiro atoms. The van der Waals surface area contributed by atoms with E-state index in [0.717, 1.165) is 18.2 Å². The number of nitrogens with one attached hydrogen (secondary N) is 1. The van der Waals surface area contributed by atoms with Crippen LogP contribution in [0, 0.1) is 11.6 Å². The van der Waals surface area contributed by atoms with Crippen molar-refractivity contribution in [1.29, 1.82) is 0 Å². The number of sulfonamides is 1. The molecular weight excluding hydrogens is 212 g/mol. The molecule has 0 amide bonds. The summed E-state index contributed by atoms with van der Waals surface area (Å²) in [6.07, 6.45) is 0. The van der Waals surface area contributed by atoms with Gasteiger partial charge in [0.05, 0.1) is 0 Å². The zero-order valence-corrected chi connectivity index (χ0v) is 8.24. The van der Waals surface area contributed by atoms with Gasteiger partial charge in [0.15, 0.2) is 4.90 Å². The first-order valence-corrected chi connectivity index (χ1v) is 5.41. The van der Waals surface area contributed by atoms with Gasteiger partial charge in [-0.1, -0.05) is 13.0 Å². The maximum Gasteiger partial charge on any atom is 0.246 e. The molecule has 1 aromatic carbocycles. The maximum atomic E-state index is 13.0. The summed E-state index contributed by atoms with van der Waals surface area (Å²) in [6.45, 7) is 1.60. The van der Waals surface area contributed by atoms with Crippen molar-refractivity contribution in [2.24, 2.45) is 0 Å². The molecule has 0 aliphatic carbocycles. The normalized spacial score (nSPS) is 11.6. The largest absolute Gasteiger partial charge is 0.246 e. The highest BCUT2D eigenvalue weighted by Gasteiger charge is 2.22. The molecular formula is C8H9F2NO2S. The third-order valence-corrected chi connectivity index (χ3v) is 3.12. The highest BCUT2D eigenvalue weighted by Crippen LogP contribution is 2.17. The van der Waals surface area contributed by atoms with Crippen molar-refractivity contribution in [3.63, 3.8) is 0 Å². The van der Waals surface area contributed by atoms with E-state index in [1.54, 1.807) is 0 Å². The zero-order chi connectivity index (χ0) is 10.8. The molecule has 0 radical (unpaired) electrons. The molecule has 0 heterocycles. The molecule has 0 saturated carbocycles. The number of rotatable bonds is 3. The van der Waals surface area contributed by atoms with Gasteiger partial charge in [-0.05, 0) is 12.1 Å². The van der Waals surface area contributed by atoms with Crippen LogP contribution in [-0.2, 0) is 10.0 Å². The standard InChI is InChI=1S/C8H9F2NO2S/c1-2-11-14(12,13)8-6(9)4-3-5-7(8)10/h3-5,11H,2H2,1H3. The van der Waals surface area contributed by atoms with Gasteiger partial charge in [0, 0.05) is 6.54 Å².